The molecule has 0 aromatic heterocycles. The molecule has 2 amide bonds. The number of amides is 2. The average Bonchev–Trinajstić information content (AvgIpc) is 3.19. The summed E-state index contributed by atoms with van der Waals surface area (Å²) in [4.78, 5) is 25.0. The van der Waals surface area contributed by atoms with Crippen LogP contribution in [0.5, 0.6) is 0 Å². The van der Waals surface area contributed by atoms with Crippen molar-refractivity contribution >= 4 is 11.8 Å². The maximum Gasteiger partial charge on any atom is 0.309 e. The number of rotatable bonds is 6. The molecule has 26 heavy (non-hydrogen) atoms. The molecule has 2 rings (SSSR count). The average molecular weight is 369 g/mol. The summed E-state index contributed by atoms with van der Waals surface area (Å²) in [6.07, 6.45) is 6.32. The van der Waals surface area contributed by atoms with E-state index in [4.69, 9.17) is 0 Å². The smallest absolute Gasteiger partial charge is 0.309 e. The Kier molecular flexibility index (Phi) is 6.72. The zero-order valence-corrected chi connectivity index (χ0v) is 16.7. The summed E-state index contributed by atoms with van der Waals surface area (Å²) in [5.74, 6) is -1.41. The molecule has 2 fully saturated rings. The summed E-state index contributed by atoms with van der Waals surface area (Å²) in [5.41, 5.74) is -1.88. The lowest BCUT2D eigenvalue weighted by molar-refractivity contribution is -0.143. The lowest BCUT2D eigenvalue weighted by Crippen LogP contribution is -2.60. The van der Waals surface area contributed by atoms with Gasteiger partial charge in [0.2, 0.25) is 0 Å². The van der Waals surface area contributed by atoms with Crippen LogP contribution >= 0.6 is 0 Å². The van der Waals surface area contributed by atoms with Crippen LogP contribution in [0.3, 0.4) is 0 Å². The van der Waals surface area contributed by atoms with Crippen LogP contribution in [-0.4, -0.2) is 45.3 Å². The number of hydrogen-bond acceptors (Lipinski definition) is 4. The van der Waals surface area contributed by atoms with E-state index in [1.807, 2.05) is 27.7 Å². The van der Waals surface area contributed by atoms with Crippen LogP contribution in [0.4, 0.5) is 0 Å². The number of aliphatic hydroxyl groups is 2. The summed E-state index contributed by atoms with van der Waals surface area (Å²) < 4.78 is 0. The van der Waals surface area contributed by atoms with Crippen molar-refractivity contribution in [2.24, 2.45) is 11.8 Å². The molecule has 0 aliphatic heterocycles. The van der Waals surface area contributed by atoms with Crippen LogP contribution in [-0.2, 0) is 9.59 Å². The predicted octanol–water partition coefficient (Wildman–Crippen LogP) is 1.88. The zero-order valence-electron chi connectivity index (χ0n) is 16.7. The molecule has 0 aromatic rings. The summed E-state index contributed by atoms with van der Waals surface area (Å²) in [6, 6.07) is -0.898. The summed E-state index contributed by atoms with van der Waals surface area (Å²) in [6.45, 7) is 7.77. The Hall–Kier alpha value is -1.14. The molecule has 0 aromatic carbocycles. The number of carbonyl (C=O) groups is 2. The molecule has 0 saturated heterocycles. The summed E-state index contributed by atoms with van der Waals surface area (Å²) in [5, 5.41) is 27.2. The molecule has 150 valence electrons. The van der Waals surface area contributed by atoms with Crippen LogP contribution in [0.1, 0.15) is 79.1 Å². The first-order chi connectivity index (χ1) is 12.1. The SMILES string of the molecule is CC(C)C(NC(=O)C(=O)NC(C(C)C)C1(O)CCCC1)C1(O)CCCC1. The third kappa shape index (κ3) is 4.58. The van der Waals surface area contributed by atoms with E-state index < -0.39 is 35.1 Å². The van der Waals surface area contributed by atoms with Crippen molar-refractivity contribution in [3.63, 3.8) is 0 Å². The highest BCUT2D eigenvalue weighted by atomic mass is 16.3. The molecule has 2 aliphatic rings. The molecule has 2 unspecified atom stereocenters. The van der Waals surface area contributed by atoms with Crippen LogP contribution in [0.25, 0.3) is 0 Å². The number of carbonyl (C=O) groups excluding carboxylic acids is 2. The summed E-state index contributed by atoms with van der Waals surface area (Å²) >= 11 is 0. The molecular weight excluding hydrogens is 332 g/mol. The van der Waals surface area contributed by atoms with E-state index in [1.54, 1.807) is 0 Å². The molecule has 2 aliphatic carbocycles. The first-order valence-corrected chi connectivity index (χ1v) is 10.2. The van der Waals surface area contributed by atoms with Gasteiger partial charge in [-0.25, -0.2) is 0 Å². The minimum atomic E-state index is -0.939. The highest BCUT2D eigenvalue weighted by molar-refractivity contribution is 6.35. The monoisotopic (exact) mass is 368 g/mol. The van der Waals surface area contributed by atoms with E-state index in [-0.39, 0.29) is 11.8 Å². The van der Waals surface area contributed by atoms with Crippen molar-refractivity contribution in [3.05, 3.63) is 0 Å². The van der Waals surface area contributed by atoms with Crippen LogP contribution in [0.2, 0.25) is 0 Å². The third-order valence-electron chi connectivity index (χ3n) is 6.21. The van der Waals surface area contributed by atoms with Crippen molar-refractivity contribution in [3.8, 4) is 0 Å². The van der Waals surface area contributed by atoms with Gasteiger partial charge in [-0.1, -0.05) is 53.4 Å². The van der Waals surface area contributed by atoms with E-state index >= 15 is 0 Å². The predicted molar refractivity (Wildman–Crippen MR) is 100 cm³/mol. The van der Waals surface area contributed by atoms with E-state index in [0.29, 0.717) is 25.7 Å². The van der Waals surface area contributed by atoms with Gasteiger partial charge in [-0.2, -0.15) is 0 Å². The fraction of sp³-hybridized carbons (Fsp3) is 0.900. The Morgan fingerprint density at radius 3 is 1.19 bits per heavy atom. The maximum absolute atomic E-state index is 12.5. The first-order valence-electron chi connectivity index (χ1n) is 10.2. The first kappa shape index (κ1) is 21.2. The van der Waals surface area contributed by atoms with Crippen molar-refractivity contribution in [2.75, 3.05) is 0 Å². The normalized spacial score (nSPS) is 23.8. The maximum atomic E-state index is 12.5. The molecule has 0 bridgehead atoms. The molecule has 2 saturated carbocycles. The molecule has 0 heterocycles. The zero-order chi connectivity index (χ0) is 19.5. The van der Waals surface area contributed by atoms with Gasteiger partial charge in [0, 0.05) is 0 Å². The van der Waals surface area contributed by atoms with Gasteiger partial charge >= 0.3 is 11.8 Å². The van der Waals surface area contributed by atoms with Gasteiger partial charge in [-0.15, -0.1) is 0 Å². The van der Waals surface area contributed by atoms with Crippen LogP contribution in [0.15, 0.2) is 0 Å². The van der Waals surface area contributed by atoms with Crippen molar-refractivity contribution < 1.29 is 19.8 Å². The molecule has 0 spiro atoms. The second-order valence-corrected chi connectivity index (χ2v) is 9.01. The lowest BCUT2D eigenvalue weighted by Gasteiger charge is -2.37. The second kappa shape index (κ2) is 8.26. The fourth-order valence-corrected chi connectivity index (χ4v) is 4.85. The van der Waals surface area contributed by atoms with E-state index in [1.165, 1.54) is 0 Å². The standard InChI is InChI=1S/C20H36N2O4/c1-13(2)15(19(25)9-5-6-10-19)21-17(23)18(24)22-16(14(3)4)20(26)11-7-8-12-20/h13-16,25-26H,5-12H2,1-4H3,(H,21,23)(H,22,24). The fourth-order valence-electron chi connectivity index (χ4n) is 4.85. The molecule has 2 atom stereocenters. The lowest BCUT2D eigenvalue weighted by atomic mass is 9.84. The molecular formula is C20H36N2O4. The van der Waals surface area contributed by atoms with Crippen molar-refractivity contribution in [2.45, 2.75) is 102 Å². The van der Waals surface area contributed by atoms with Gasteiger partial charge in [0.15, 0.2) is 0 Å². The number of hydrogen-bond donors (Lipinski definition) is 4. The minimum absolute atomic E-state index is 0.0229. The van der Waals surface area contributed by atoms with E-state index in [9.17, 15) is 19.8 Å². The molecule has 6 heteroatoms. The molecule has 4 N–H and O–H groups in total. The van der Waals surface area contributed by atoms with Crippen LogP contribution in [0, 0.1) is 11.8 Å². The second-order valence-electron chi connectivity index (χ2n) is 9.01. The molecule has 6 nitrogen and oxygen atoms in total. The minimum Gasteiger partial charge on any atom is -0.388 e. The van der Waals surface area contributed by atoms with Crippen molar-refractivity contribution in [1.82, 2.24) is 10.6 Å². The Bertz CT molecular complexity index is 460. The van der Waals surface area contributed by atoms with Gasteiger partial charge in [0.1, 0.15) is 0 Å². The topological polar surface area (TPSA) is 98.7 Å². The summed E-state index contributed by atoms with van der Waals surface area (Å²) in [7, 11) is 0. The van der Waals surface area contributed by atoms with Crippen LogP contribution < -0.4 is 10.6 Å². The highest BCUT2D eigenvalue weighted by Crippen LogP contribution is 2.36. The quantitative estimate of drug-likeness (QED) is 0.538. The van der Waals surface area contributed by atoms with E-state index in [2.05, 4.69) is 10.6 Å². The van der Waals surface area contributed by atoms with Gasteiger partial charge in [0.05, 0.1) is 23.3 Å². The van der Waals surface area contributed by atoms with E-state index in [0.717, 1.165) is 25.7 Å². The van der Waals surface area contributed by atoms with Crippen molar-refractivity contribution in [1.29, 1.82) is 0 Å². The van der Waals surface area contributed by atoms with Gasteiger partial charge < -0.3 is 20.8 Å². The van der Waals surface area contributed by atoms with Gasteiger partial charge in [-0.05, 0) is 37.5 Å². The Morgan fingerprint density at radius 1 is 0.692 bits per heavy atom. The Morgan fingerprint density at radius 2 is 0.962 bits per heavy atom. The Labute approximate surface area is 157 Å². The number of nitrogens with one attached hydrogen (secondary N) is 2. The Balaban J connectivity index is 2.04. The highest BCUT2D eigenvalue weighted by Gasteiger charge is 2.44. The third-order valence-corrected chi connectivity index (χ3v) is 6.21. The molecule has 0 radical (unpaired) electrons. The van der Waals surface area contributed by atoms with Gasteiger partial charge in [-0.3, -0.25) is 9.59 Å². The van der Waals surface area contributed by atoms with Gasteiger partial charge in [0.25, 0.3) is 0 Å². The largest absolute Gasteiger partial charge is 0.388 e.